The fourth-order valence-corrected chi connectivity index (χ4v) is 2.36. The van der Waals surface area contributed by atoms with Crippen LogP contribution in [0, 0.1) is 0 Å². The lowest BCUT2D eigenvalue weighted by Gasteiger charge is -2.30. The molecule has 0 bridgehead atoms. The lowest BCUT2D eigenvalue weighted by molar-refractivity contribution is 0.0800. The number of benzene rings is 1. The van der Waals surface area contributed by atoms with Crippen molar-refractivity contribution in [2.24, 2.45) is 0 Å². The average molecular weight is 298 g/mol. The molecule has 0 aliphatic heterocycles. The summed E-state index contributed by atoms with van der Waals surface area (Å²) >= 11 is 3.38. The predicted octanol–water partition coefficient (Wildman–Crippen LogP) is 3.75. The summed E-state index contributed by atoms with van der Waals surface area (Å²) in [6.45, 7) is 9.20. The van der Waals surface area contributed by atoms with Crippen molar-refractivity contribution in [2.75, 3.05) is 6.54 Å². The molecule has 0 fully saturated rings. The predicted molar refractivity (Wildman–Crippen MR) is 75.5 cm³/mol. The average Bonchev–Trinajstić information content (AvgIpc) is 2.29. The van der Waals surface area contributed by atoms with Crippen LogP contribution in [0.5, 0.6) is 0 Å². The molecule has 0 heterocycles. The normalized spacial score (nSPS) is 13.1. The smallest absolute Gasteiger partial charge is 0.179 e. The minimum absolute atomic E-state index is 0.0684. The van der Waals surface area contributed by atoms with E-state index in [-0.39, 0.29) is 11.8 Å². The molecule has 17 heavy (non-hydrogen) atoms. The van der Waals surface area contributed by atoms with E-state index in [1.54, 1.807) is 0 Å². The minimum Gasteiger partial charge on any atom is -0.292 e. The van der Waals surface area contributed by atoms with E-state index in [1.807, 2.05) is 31.2 Å². The summed E-state index contributed by atoms with van der Waals surface area (Å²) < 4.78 is 0.998. The van der Waals surface area contributed by atoms with Gasteiger partial charge in [0.1, 0.15) is 0 Å². The lowest BCUT2D eigenvalue weighted by atomic mass is 10.0. The summed E-state index contributed by atoms with van der Waals surface area (Å²) in [5.74, 6) is 0.188. The maximum atomic E-state index is 12.3. The number of nitrogens with zero attached hydrogens (tertiary/aromatic N) is 1. The van der Waals surface area contributed by atoms with Crippen LogP contribution in [0.4, 0.5) is 0 Å². The van der Waals surface area contributed by atoms with E-state index in [2.05, 4.69) is 41.6 Å². The van der Waals surface area contributed by atoms with Gasteiger partial charge in [0.15, 0.2) is 5.78 Å². The maximum absolute atomic E-state index is 12.3. The van der Waals surface area contributed by atoms with Crippen molar-refractivity contribution in [3.8, 4) is 0 Å². The van der Waals surface area contributed by atoms with Crippen LogP contribution in [-0.4, -0.2) is 29.3 Å². The molecular formula is C14H20BrNO. The van der Waals surface area contributed by atoms with E-state index in [0.29, 0.717) is 6.04 Å². The van der Waals surface area contributed by atoms with E-state index >= 15 is 0 Å². The highest BCUT2D eigenvalue weighted by Gasteiger charge is 2.22. The van der Waals surface area contributed by atoms with Crippen LogP contribution in [0.3, 0.4) is 0 Å². The molecule has 0 radical (unpaired) electrons. The Kier molecular flexibility index (Phi) is 5.34. The Morgan fingerprint density at radius 1 is 1.24 bits per heavy atom. The molecule has 0 amide bonds. The van der Waals surface area contributed by atoms with Gasteiger partial charge in [0.25, 0.3) is 0 Å². The molecule has 0 aliphatic rings. The van der Waals surface area contributed by atoms with E-state index < -0.39 is 0 Å². The molecule has 0 spiro atoms. The molecule has 3 heteroatoms. The molecule has 1 aromatic rings. The van der Waals surface area contributed by atoms with Gasteiger partial charge in [-0.3, -0.25) is 9.69 Å². The van der Waals surface area contributed by atoms with Gasteiger partial charge in [0.2, 0.25) is 0 Å². The fraction of sp³-hybridized carbons (Fsp3) is 0.500. The molecule has 94 valence electrons. The number of hydrogen-bond donors (Lipinski definition) is 0. The van der Waals surface area contributed by atoms with Gasteiger partial charge in [-0.05, 0) is 39.4 Å². The topological polar surface area (TPSA) is 20.3 Å². The van der Waals surface area contributed by atoms with Crippen LogP contribution in [-0.2, 0) is 0 Å². The number of carbonyl (C=O) groups excluding carboxylic acids is 1. The molecule has 0 saturated carbocycles. The van der Waals surface area contributed by atoms with Crippen molar-refractivity contribution in [1.29, 1.82) is 0 Å². The van der Waals surface area contributed by atoms with E-state index in [0.717, 1.165) is 16.6 Å². The Morgan fingerprint density at radius 2 is 1.76 bits per heavy atom. The zero-order chi connectivity index (χ0) is 13.0. The van der Waals surface area contributed by atoms with Crippen LogP contribution in [0.1, 0.15) is 38.1 Å². The Bertz CT molecular complexity index is 372. The third-order valence-corrected chi connectivity index (χ3v) is 3.56. The largest absolute Gasteiger partial charge is 0.292 e. The van der Waals surface area contributed by atoms with Crippen molar-refractivity contribution in [3.05, 3.63) is 34.3 Å². The number of halogens is 1. The molecular weight excluding hydrogens is 278 g/mol. The number of rotatable bonds is 5. The SMILES string of the molecule is CCN(C(C)C)C(C)C(=O)c1ccc(Br)cc1. The molecule has 1 rings (SSSR count). The fourth-order valence-electron chi connectivity index (χ4n) is 2.09. The van der Waals surface area contributed by atoms with Crippen molar-refractivity contribution < 1.29 is 4.79 Å². The highest BCUT2D eigenvalue weighted by molar-refractivity contribution is 9.10. The molecule has 0 aliphatic carbocycles. The Labute approximate surface area is 112 Å². The van der Waals surface area contributed by atoms with E-state index in [1.165, 1.54) is 0 Å². The minimum atomic E-state index is -0.0684. The van der Waals surface area contributed by atoms with Gasteiger partial charge < -0.3 is 0 Å². The quantitative estimate of drug-likeness (QED) is 0.772. The standard InChI is InChI=1S/C14H20BrNO/c1-5-16(10(2)3)11(4)14(17)12-6-8-13(15)9-7-12/h6-11H,5H2,1-4H3. The van der Waals surface area contributed by atoms with Crippen LogP contribution in [0.15, 0.2) is 28.7 Å². The van der Waals surface area contributed by atoms with Crippen molar-refractivity contribution in [2.45, 2.75) is 39.8 Å². The van der Waals surface area contributed by atoms with Crippen LogP contribution in [0.2, 0.25) is 0 Å². The molecule has 0 aromatic heterocycles. The monoisotopic (exact) mass is 297 g/mol. The first kappa shape index (κ1) is 14.4. The highest BCUT2D eigenvalue weighted by atomic mass is 79.9. The molecule has 1 unspecified atom stereocenters. The van der Waals surface area contributed by atoms with Crippen LogP contribution < -0.4 is 0 Å². The summed E-state index contributed by atoms with van der Waals surface area (Å²) in [5.41, 5.74) is 0.778. The number of carbonyl (C=O) groups is 1. The van der Waals surface area contributed by atoms with Crippen LogP contribution in [0.25, 0.3) is 0 Å². The Hall–Kier alpha value is -0.670. The number of ketones is 1. The van der Waals surface area contributed by atoms with Crippen molar-refractivity contribution >= 4 is 21.7 Å². The third-order valence-electron chi connectivity index (χ3n) is 3.03. The highest BCUT2D eigenvalue weighted by Crippen LogP contribution is 2.15. The first-order valence-electron chi connectivity index (χ1n) is 6.02. The third kappa shape index (κ3) is 3.65. The Morgan fingerprint density at radius 3 is 2.18 bits per heavy atom. The van der Waals surface area contributed by atoms with Gasteiger partial charge in [-0.25, -0.2) is 0 Å². The van der Waals surface area contributed by atoms with Gasteiger partial charge in [0.05, 0.1) is 6.04 Å². The maximum Gasteiger partial charge on any atom is 0.179 e. The van der Waals surface area contributed by atoms with Gasteiger partial charge in [0, 0.05) is 16.1 Å². The first-order chi connectivity index (χ1) is 7.97. The molecule has 0 saturated heterocycles. The van der Waals surface area contributed by atoms with E-state index in [4.69, 9.17) is 0 Å². The van der Waals surface area contributed by atoms with Gasteiger partial charge in [-0.15, -0.1) is 0 Å². The number of likely N-dealkylation sites (N-methyl/N-ethyl adjacent to an activating group) is 1. The zero-order valence-electron chi connectivity index (χ0n) is 10.9. The molecule has 2 nitrogen and oxygen atoms in total. The summed E-state index contributed by atoms with van der Waals surface area (Å²) in [6.07, 6.45) is 0. The summed E-state index contributed by atoms with van der Waals surface area (Å²) in [7, 11) is 0. The molecule has 1 atom stereocenters. The first-order valence-corrected chi connectivity index (χ1v) is 6.82. The van der Waals surface area contributed by atoms with E-state index in [9.17, 15) is 4.79 Å². The zero-order valence-corrected chi connectivity index (χ0v) is 12.5. The van der Waals surface area contributed by atoms with Gasteiger partial charge in [-0.1, -0.05) is 35.0 Å². The summed E-state index contributed by atoms with van der Waals surface area (Å²) in [5, 5.41) is 0. The molecule has 0 N–H and O–H groups in total. The second-order valence-electron chi connectivity index (χ2n) is 4.47. The van der Waals surface area contributed by atoms with Gasteiger partial charge >= 0.3 is 0 Å². The summed E-state index contributed by atoms with van der Waals surface area (Å²) in [4.78, 5) is 14.5. The summed E-state index contributed by atoms with van der Waals surface area (Å²) in [6, 6.07) is 7.88. The number of Topliss-reactive ketones (excluding diaryl/α,β-unsaturated/α-hetero) is 1. The van der Waals surface area contributed by atoms with Gasteiger partial charge in [-0.2, -0.15) is 0 Å². The van der Waals surface area contributed by atoms with Crippen LogP contribution >= 0.6 is 15.9 Å². The van der Waals surface area contributed by atoms with Crippen molar-refractivity contribution in [3.63, 3.8) is 0 Å². The second kappa shape index (κ2) is 6.31. The number of hydrogen-bond acceptors (Lipinski definition) is 2. The van der Waals surface area contributed by atoms with Crippen molar-refractivity contribution in [1.82, 2.24) is 4.90 Å². The second-order valence-corrected chi connectivity index (χ2v) is 5.39. The lowest BCUT2D eigenvalue weighted by Crippen LogP contribution is -2.43. The Balaban J connectivity index is 2.85. The molecule has 1 aromatic carbocycles.